The van der Waals surface area contributed by atoms with E-state index in [0.29, 0.717) is 18.0 Å². The van der Waals surface area contributed by atoms with Gasteiger partial charge in [0.05, 0.1) is 29.0 Å². The van der Waals surface area contributed by atoms with Crippen LogP contribution >= 0.6 is 11.3 Å². The molecule has 0 unspecified atom stereocenters. The molecule has 1 N–H and O–H groups in total. The highest BCUT2D eigenvalue weighted by atomic mass is 32.1. The number of carbonyl (C=O) groups excluding carboxylic acids is 1. The van der Waals surface area contributed by atoms with Crippen LogP contribution in [0.15, 0.2) is 78.9 Å². The third kappa shape index (κ3) is 4.99. The fourth-order valence-electron chi connectivity index (χ4n) is 2.98. The lowest BCUT2D eigenvalue weighted by molar-refractivity contribution is -0.117. The van der Waals surface area contributed by atoms with E-state index in [4.69, 9.17) is 4.74 Å². The number of ether oxygens (including phenoxy) is 1. The Kier molecular flexibility index (Phi) is 5.84. The van der Waals surface area contributed by atoms with Gasteiger partial charge in [-0.3, -0.25) is 9.69 Å². The number of benzene rings is 3. The van der Waals surface area contributed by atoms with Crippen LogP contribution in [-0.2, 0) is 11.3 Å². The third-order valence-corrected chi connectivity index (χ3v) is 5.31. The molecule has 1 heterocycles. The number of carbonyl (C=O) groups is 1. The largest absolute Gasteiger partial charge is 0.455 e. The standard InChI is InChI=1S/C23H21N3O2S/c1-26(16-23-25-19-12-6-8-14-21(19)29-23)15-22(27)24-18-11-5-7-13-20(18)28-17-9-3-2-4-10-17/h2-14H,15-16H2,1H3,(H,24,27). The molecule has 0 spiro atoms. The smallest absolute Gasteiger partial charge is 0.238 e. The van der Waals surface area contributed by atoms with Crippen molar-refractivity contribution in [1.29, 1.82) is 0 Å². The van der Waals surface area contributed by atoms with Crippen molar-refractivity contribution in [1.82, 2.24) is 9.88 Å². The zero-order chi connectivity index (χ0) is 20.1. The van der Waals surface area contributed by atoms with Crippen molar-refractivity contribution in [3.63, 3.8) is 0 Å². The summed E-state index contributed by atoms with van der Waals surface area (Å²) in [6, 6.07) is 25.0. The van der Waals surface area contributed by atoms with Crippen LogP contribution in [0.5, 0.6) is 11.5 Å². The minimum atomic E-state index is -0.0993. The summed E-state index contributed by atoms with van der Waals surface area (Å²) >= 11 is 1.66. The minimum Gasteiger partial charge on any atom is -0.455 e. The molecule has 0 fully saturated rings. The van der Waals surface area contributed by atoms with Gasteiger partial charge in [0.1, 0.15) is 10.8 Å². The number of aromatic nitrogens is 1. The number of anilines is 1. The third-order valence-electron chi connectivity index (χ3n) is 4.29. The fraction of sp³-hybridized carbons (Fsp3) is 0.130. The molecular formula is C23H21N3O2S. The monoisotopic (exact) mass is 403 g/mol. The number of amides is 1. The van der Waals surface area contributed by atoms with Gasteiger partial charge in [0.15, 0.2) is 5.75 Å². The summed E-state index contributed by atoms with van der Waals surface area (Å²) in [6.45, 7) is 0.879. The first kappa shape index (κ1) is 19.1. The van der Waals surface area contributed by atoms with Crippen molar-refractivity contribution in [3.05, 3.63) is 83.9 Å². The Morgan fingerprint density at radius 2 is 1.72 bits per heavy atom. The fourth-order valence-corrected chi connectivity index (χ4v) is 4.03. The number of thiazole rings is 1. The number of rotatable bonds is 7. The molecule has 0 bridgehead atoms. The SMILES string of the molecule is CN(CC(=O)Nc1ccccc1Oc1ccccc1)Cc1nc2ccccc2s1. The number of nitrogens with zero attached hydrogens (tertiary/aromatic N) is 2. The number of nitrogens with one attached hydrogen (secondary N) is 1. The van der Waals surface area contributed by atoms with Gasteiger partial charge in [-0.25, -0.2) is 4.98 Å². The normalized spacial score (nSPS) is 11.0. The molecule has 0 saturated carbocycles. The predicted molar refractivity (Wildman–Crippen MR) is 118 cm³/mol. The maximum Gasteiger partial charge on any atom is 0.238 e. The number of likely N-dealkylation sites (N-methyl/N-ethyl adjacent to an activating group) is 1. The summed E-state index contributed by atoms with van der Waals surface area (Å²) in [7, 11) is 1.91. The highest BCUT2D eigenvalue weighted by Gasteiger charge is 2.13. The van der Waals surface area contributed by atoms with Crippen molar-refractivity contribution >= 4 is 33.1 Å². The second-order valence-corrected chi connectivity index (χ2v) is 7.82. The molecule has 146 valence electrons. The van der Waals surface area contributed by atoms with Crippen LogP contribution in [0.4, 0.5) is 5.69 Å². The Balaban J connectivity index is 1.38. The molecule has 0 aliphatic heterocycles. The quantitative estimate of drug-likeness (QED) is 0.463. The molecule has 3 aromatic carbocycles. The molecule has 0 aliphatic carbocycles. The van der Waals surface area contributed by atoms with E-state index < -0.39 is 0 Å². The van der Waals surface area contributed by atoms with Gasteiger partial charge < -0.3 is 10.1 Å². The van der Waals surface area contributed by atoms with E-state index >= 15 is 0 Å². The molecule has 29 heavy (non-hydrogen) atoms. The maximum absolute atomic E-state index is 12.6. The number of para-hydroxylation sites is 4. The van der Waals surface area contributed by atoms with E-state index in [1.807, 2.05) is 84.7 Å². The van der Waals surface area contributed by atoms with Crippen molar-refractivity contribution in [2.45, 2.75) is 6.54 Å². The molecule has 1 aromatic heterocycles. The number of fused-ring (bicyclic) bond motifs is 1. The van der Waals surface area contributed by atoms with Crippen LogP contribution < -0.4 is 10.1 Å². The summed E-state index contributed by atoms with van der Waals surface area (Å²) in [5, 5.41) is 3.95. The van der Waals surface area contributed by atoms with Crippen molar-refractivity contribution < 1.29 is 9.53 Å². The van der Waals surface area contributed by atoms with E-state index in [0.717, 1.165) is 21.0 Å². The average molecular weight is 404 g/mol. The van der Waals surface area contributed by atoms with Crippen LogP contribution in [0.1, 0.15) is 5.01 Å². The van der Waals surface area contributed by atoms with Gasteiger partial charge in [-0.05, 0) is 43.4 Å². The number of hydrogen-bond acceptors (Lipinski definition) is 5. The van der Waals surface area contributed by atoms with Gasteiger partial charge in [0.25, 0.3) is 0 Å². The minimum absolute atomic E-state index is 0.0993. The Morgan fingerprint density at radius 1 is 1.00 bits per heavy atom. The zero-order valence-corrected chi connectivity index (χ0v) is 16.9. The average Bonchev–Trinajstić information content (AvgIpc) is 3.12. The van der Waals surface area contributed by atoms with Crippen LogP contribution in [0.2, 0.25) is 0 Å². The van der Waals surface area contributed by atoms with E-state index in [1.165, 1.54) is 0 Å². The number of hydrogen-bond donors (Lipinski definition) is 1. The van der Waals surface area contributed by atoms with Gasteiger partial charge in [-0.15, -0.1) is 11.3 Å². The van der Waals surface area contributed by atoms with Gasteiger partial charge in [-0.1, -0.05) is 42.5 Å². The molecule has 4 rings (SSSR count). The Morgan fingerprint density at radius 3 is 2.55 bits per heavy atom. The second-order valence-electron chi connectivity index (χ2n) is 6.71. The van der Waals surface area contributed by atoms with Crippen LogP contribution in [0.3, 0.4) is 0 Å². The van der Waals surface area contributed by atoms with E-state index in [2.05, 4.69) is 16.4 Å². The lowest BCUT2D eigenvalue weighted by Gasteiger charge is -2.16. The lowest BCUT2D eigenvalue weighted by Crippen LogP contribution is -2.29. The topological polar surface area (TPSA) is 54.5 Å². The molecule has 0 radical (unpaired) electrons. The molecular weight excluding hydrogens is 382 g/mol. The van der Waals surface area contributed by atoms with Crippen LogP contribution in [0, 0.1) is 0 Å². The molecule has 4 aromatic rings. The summed E-state index contributed by atoms with van der Waals surface area (Å²) in [5.41, 5.74) is 1.65. The van der Waals surface area contributed by atoms with Gasteiger partial charge in [0, 0.05) is 0 Å². The summed E-state index contributed by atoms with van der Waals surface area (Å²) in [6.07, 6.45) is 0. The zero-order valence-electron chi connectivity index (χ0n) is 16.0. The Labute approximate surface area is 173 Å². The first-order valence-corrected chi connectivity index (χ1v) is 10.1. The van der Waals surface area contributed by atoms with E-state index in [9.17, 15) is 4.79 Å². The predicted octanol–water partition coefficient (Wildman–Crippen LogP) is 5.16. The first-order chi connectivity index (χ1) is 14.2. The maximum atomic E-state index is 12.6. The van der Waals surface area contributed by atoms with Crippen LogP contribution in [-0.4, -0.2) is 29.4 Å². The molecule has 6 heteroatoms. The van der Waals surface area contributed by atoms with Gasteiger partial charge >= 0.3 is 0 Å². The summed E-state index contributed by atoms with van der Waals surface area (Å²) < 4.78 is 7.07. The Bertz CT molecular complexity index is 1080. The van der Waals surface area contributed by atoms with E-state index in [1.54, 1.807) is 11.3 Å². The molecule has 0 saturated heterocycles. The van der Waals surface area contributed by atoms with Gasteiger partial charge in [-0.2, -0.15) is 0 Å². The lowest BCUT2D eigenvalue weighted by atomic mass is 10.2. The summed E-state index contributed by atoms with van der Waals surface area (Å²) in [5.74, 6) is 1.24. The van der Waals surface area contributed by atoms with Crippen molar-refractivity contribution in [2.24, 2.45) is 0 Å². The molecule has 0 aliphatic rings. The summed E-state index contributed by atoms with van der Waals surface area (Å²) in [4.78, 5) is 19.1. The van der Waals surface area contributed by atoms with Gasteiger partial charge in [0.2, 0.25) is 5.91 Å². The highest BCUT2D eigenvalue weighted by Crippen LogP contribution is 2.29. The van der Waals surface area contributed by atoms with Crippen LogP contribution in [0.25, 0.3) is 10.2 Å². The highest BCUT2D eigenvalue weighted by molar-refractivity contribution is 7.18. The molecule has 5 nitrogen and oxygen atoms in total. The van der Waals surface area contributed by atoms with Crippen molar-refractivity contribution in [3.8, 4) is 11.5 Å². The Hall–Kier alpha value is -3.22. The van der Waals surface area contributed by atoms with Crippen molar-refractivity contribution in [2.75, 3.05) is 18.9 Å². The van der Waals surface area contributed by atoms with E-state index in [-0.39, 0.29) is 12.5 Å². The second kappa shape index (κ2) is 8.86. The molecule has 0 atom stereocenters. The molecule has 1 amide bonds. The first-order valence-electron chi connectivity index (χ1n) is 9.32.